The molecule has 1 saturated carbocycles. The molecular formula is C34H26N2O4. The number of fused-ring (bicyclic) bond motifs is 1. The zero-order valence-corrected chi connectivity index (χ0v) is 21.6. The van der Waals surface area contributed by atoms with Crippen molar-refractivity contribution in [2.75, 3.05) is 9.80 Å². The highest BCUT2D eigenvalue weighted by atomic mass is 16.2. The van der Waals surface area contributed by atoms with E-state index in [1.807, 2.05) is 72.8 Å². The molecule has 3 fully saturated rings. The van der Waals surface area contributed by atoms with Gasteiger partial charge in [-0.15, -0.1) is 0 Å². The molecule has 2 saturated heterocycles. The second kappa shape index (κ2) is 8.46. The number of amides is 4. The van der Waals surface area contributed by atoms with Gasteiger partial charge in [0.15, 0.2) is 0 Å². The SMILES string of the molecule is O=C1[C@@H]2[C@H]3C=C[C@@H](C4=C(c5ccccc5)C[C@H]5C(=O)N(c6ccccc6)C(=O)[C@@H]5[C@H]43)[C@H]2C(=O)N1c1ccccc1. The summed E-state index contributed by atoms with van der Waals surface area (Å²) >= 11 is 0. The van der Waals surface area contributed by atoms with Gasteiger partial charge in [0.1, 0.15) is 0 Å². The van der Waals surface area contributed by atoms with Crippen molar-refractivity contribution in [1.82, 2.24) is 0 Å². The molecule has 2 heterocycles. The number of imide groups is 2. The maximum Gasteiger partial charge on any atom is 0.238 e. The number of nitrogens with zero attached hydrogens (tertiary/aromatic N) is 2. The van der Waals surface area contributed by atoms with Gasteiger partial charge >= 0.3 is 0 Å². The molecule has 6 heteroatoms. The highest BCUT2D eigenvalue weighted by molar-refractivity contribution is 6.24. The summed E-state index contributed by atoms with van der Waals surface area (Å²) in [6.07, 6.45) is 4.57. The summed E-state index contributed by atoms with van der Waals surface area (Å²) in [6, 6.07) is 28.2. The summed E-state index contributed by atoms with van der Waals surface area (Å²) in [5, 5.41) is 0. The van der Waals surface area contributed by atoms with Crippen LogP contribution in [-0.4, -0.2) is 23.6 Å². The molecule has 196 valence electrons. The normalized spacial score (nSPS) is 32.0. The van der Waals surface area contributed by atoms with Gasteiger partial charge in [-0.3, -0.25) is 29.0 Å². The Kier molecular flexibility index (Phi) is 4.93. The van der Waals surface area contributed by atoms with Gasteiger partial charge in [0.25, 0.3) is 0 Å². The van der Waals surface area contributed by atoms with E-state index in [1.54, 1.807) is 24.3 Å². The van der Waals surface area contributed by atoms with Crippen LogP contribution in [0, 0.1) is 41.4 Å². The first-order chi connectivity index (χ1) is 19.6. The number of carbonyl (C=O) groups is 4. The lowest BCUT2D eigenvalue weighted by atomic mass is 9.49. The van der Waals surface area contributed by atoms with E-state index in [0.29, 0.717) is 17.8 Å². The molecule has 4 aliphatic carbocycles. The Morgan fingerprint density at radius 2 is 1.05 bits per heavy atom. The Morgan fingerprint density at radius 3 is 1.68 bits per heavy atom. The Balaban J connectivity index is 1.30. The fourth-order valence-corrected chi connectivity index (χ4v) is 8.18. The first kappa shape index (κ1) is 23.3. The van der Waals surface area contributed by atoms with Crippen molar-refractivity contribution in [1.29, 1.82) is 0 Å². The average molecular weight is 527 g/mol. The minimum absolute atomic E-state index is 0.180. The van der Waals surface area contributed by atoms with Crippen LogP contribution in [0.4, 0.5) is 11.4 Å². The van der Waals surface area contributed by atoms with Crippen LogP contribution in [0.3, 0.4) is 0 Å². The van der Waals surface area contributed by atoms with Gasteiger partial charge in [0.2, 0.25) is 23.6 Å². The molecule has 2 bridgehead atoms. The van der Waals surface area contributed by atoms with Crippen LogP contribution in [-0.2, 0) is 19.2 Å². The summed E-state index contributed by atoms with van der Waals surface area (Å²) in [7, 11) is 0. The van der Waals surface area contributed by atoms with Crippen molar-refractivity contribution in [3.05, 3.63) is 114 Å². The van der Waals surface area contributed by atoms with Gasteiger partial charge in [-0.25, -0.2) is 0 Å². The van der Waals surface area contributed by atoms with Gasteiger partial charge in [-0.1, -0.05) is 84.5 Å². The zero-order valence-electron chi connectivity index (χ0n) is 21.6. The fraction of sp³-hybridized carbons (Fsp3) is 0.235. The molecule has 0 aromatic heterocycles. The molecule has 40 heavy (non-hydrogen) atoms. The maximum atomic E-state index is 14.1. The van der Waals surface area contributed by atoms with E-state index in [0.717, 1.165) is 16.7 Å². The van der Waals surface area contributed by atoms with E-state index in [2.05, 4.69) is 6.08 Å². The van der Waals surface area contributed by atoms with Crippen LogP contribution in [0.15, 0.2) is 109 Å². The lowest BCUT2D eigenvalue weighted by molar-refractivity contribution is -0.129. The molecule has 6 nitrogen and oxygen atoms in total. The lowest BCUT2D eigenvalue weighted by Gasteiger charge is -2.51. The van der Waals surface area contributed by atoms with Crippen molar-refractivity contribution in [3.8, 4) is 0 Å². The lowest BCUT2D eigenvalue weighted by Crippen LogP contribution is -2.51. The number of allylic oxidation sites excluding steroid dienone is 4. The van der Waals surface area contributed by atoms with Crippen LogP contribution < -0.4 is 9.80 Å². The zero-order chi connectivity index (χ0) is 27.1. The van der Waals surface area contributed by atoms with E-state index < -0.39 is 23.7 Å². The Morgan fingerprint density at radius 1 is 0.525 bits per heavy atom. The summed E-state index contributed by atoms with van der Waals surface area (Å²) < 4.78 is 0. The quantitative estimate of drug-likeness (QED) is 0.360. The smallest absolute Gasteiger partial charge is 0.238 e. The third kappa shape index (κ3) is 2.99. The van der Waals surface area contributed by atoms with Crippen LogP contribution in [0.25, 0.3) is 5.57 Å². The van der Waals surface area contributed by atoms with Crippen LogP contribution >= 0.6 is 0 Å². The second-order valence-corrected chi connectivity index (χ2v) is 11.4. The highest BCUT2D eigenvalue weighted by Crippen LogP contribution is 2.63. The Bertz CT molecular complexity index is 1640. The summed E-state index contributed by atoms with van der Waals surface area (Å²) in [5.41, 5.74) is 4.26. The van der Waals surface area contributed by atoms with E-state index in [4.69, 9.17) is 0 Å². The molecule has 0 N–H and O–H groups in total. The third-order valence-electron chi connectivity index (χ3n) is 9.66. The molecule has 6 aliphatic rings. The largest absolute Gasteiger partial charge is 0.274 e. The number of para-hydroxylation sites is 2. The van der Waals surface area contributed by atoms with Crippen molar-refractivity contribution < 1.29 is 19.2 Å². The second-order valence-electron chi connectivity index (χ2n) is 11.4. The molecule has 7 atom stereocenters. The molecule has 3 aromatic rings. The summed E-state index contributed by atoms with van der Waals surface area (Å²) in [6.45, 7) is 0. The molecule has 3 aromatic carbocycles. The third-order valence-corrected chi connectivity index (χ3v) is 9.66. The minimum atomic E-state index is -0.567. The number of anilines is 2. The van der Waals surface area contributed by atoms with E-state index in [1.165, 1.54) is 9.80 Å². The first-order valence-corrected chi connectivity index (χ1v) is 13.9. The molecule has 9 rings (SSSR count). The average Bonchev–Trinajstić information content (AvgIpc) is 3.43. The highest BCUT2D eigenvalue weighted by Gasteiger charge is 2.67. The predicted octanol–water partition coefficient (Wildman–Crippen LogP) is 4.89. The number of rotatable bonds is 3. The standard InChI is InChI=1S/C34H26N2O4/c37-31-25-18-24(19-10-4-1-5-11-19)26-22-16-17-23(27(26)30(25)34(40)35(31)20-12-6-2-7-13-20)29-28(22)32(38)36(33(29)39)21-14-8-3-9-15-21/h1-17,22-23,25,27-30H,18H2/t22-,23-,25+,27-,28+,29+,30-/m0/s1. The first-order valence-electron chi connectivity index (χ1n) is 13.9. The van der Waals surface area contributed by atoms with Crippen molar-refractivity contribution in [2.24, 2.45) is 41.4 Å². The van der Waals surface area contributed by atoms with Gasteiger partial charge < -0.3 is 0 Å². The molecule has 2 aliphatic heterocycles. The summed E-state index contributed by atoms with van der Waals surface area (Å²) in [5.74, 6) is -3.88. The number of hydrogen-bond donors (Lipinski definition) is 0. The van der Waals surface area contributed by atoms with Crippen LogP contribution in [0.5, 0.6) is 0 Å². The molecule has 0 unspecified atom stereocenters. The van der Waals surface area contributed by atoms with E-state index >= 15 is 0 Å². The Hall–Kier alpha value is -4.58. The van der Waals surface area contributed by atoms with Gasteiger partial charge in [-0.05, 0) is 47.7 Å². The van der Waals surface area contributed by atoms with Crippen molar-refractivity contribution >= 4 is 40.6 Å². The molecule has 0 radical (unpaired) electrons. The number of carbonyl (C=O) groups excluding carboxylic acids is 4. The minimum Gasteiger partial charge on any atom is -0.274 e. The van der Waals surface area contributed by atoms with Gasteiger partial charge in [0, 0.05) is 11.8 Å². The van der Waals surface area contributed by atoms with Gasteiger partial charge in [0.05, 0.1) is 35.0 Å². The molecule has 0 spiro atoms. The molecule has 4 amide bonds. The predicted molar refractivity (Wildman–Crippen MR) is 149 cm³/mol. The summed E-state index contributed by atoms with van der Waals surface area (Å²) in [4.78, 5) is 58.7. The van der Waals surface area contributed by atoms with E-state index in [9.17, 15) is 19.2 Å². The van der Waals surface area contributed by atoms with Crippen LogP contribution in [0.1, 0.15) is 12.0 Å². The van der Waals surface area contributed by atoms with E-state index in [-0.39, 0.29) is 41.4 Å². The topological polar surface area (TPSA) is 74.8 Å². The maximum absolute atomic E-state index is 14.1. The van der Waals surface area contributed by atoms with Crippen molar-refractivity contribution in [2.45, 2.75) is 6.42 Å². The monoisotopic (exact) mass is 526 g/mol. The van der Waals surface area contributed by atoms with Crippen LogP contribution in [0.2, 0.25) is 0 Å². The molecular weight excluding hydrogens is 500 g/mol. The number of benzene rings is 3. The van der Waals surface area contributed by atoms with Crippen molar-refractivity contribution in [3.63, 3.8) is 0 Å². The Labute approximate surface area is 231 Å². The number of hydrogen-bond acceptors (Lipinski definition) is 4. The van der Waals surface area contributed by atoms with Gasteiger partial charge in [-0.2, -0.15) is 0 Å². The fourth-order valence-electron chi connectivity index (χ4n) is 8.18.